The molecule has 1 fully saturated rings. The molecule has 2 heterocycles. The summed E-state index contributed by atoms with van der Waals surface area (Å²) in [6.45, 7) is 7.89. The molecule has 4 nitrogen and oxygen atoms in total. The zero-order valence-corrected chi connectivity index (χ0v) is 11.2. The highest BCUT2D eigenvalue weighted by molar-refractivity contribution is 7.17. The summed E-state index contributed by atoms with van der Waals surface area (Å²) in [4.78, 5) is 2.84. The molecule has 1 aliphatic heterocycles. The average Bonchev–Trinajstić information content (AvgIpc) is 2.56. The van der Waals surface area contributed by atoms with E-state index < -0.39 is 0 Å². The Balaban J connectivity index is 2.24. The van der Waals surface area contributed by atoms with E-state index in [0.29, 0.717) is 10.6 Å². The first-order valence-electron chi connectivity index (χ1n) is 5.63. The Morgan fingerprint density at radius 2 is 2.35 bits per heavy atom. The van der Waals surface area contributed by atoms with E-state index in [2.05, 4.69) is 31.7 Å². The zero-order chi connectivity index (χ0) is 12.6. The molecule has 0 amide bonds. The lowest BCUT2D eigenvalue weighted by atomic mass is 10.1. The highest BCUT2D eigenvalue weighted by Gasteiger charge is 2.32. The van der Waals surface area contributed by atoms with Gasteiger partial charge in [0.15, 0.2) is 0 Å². The molecular weight excluding hydrogens is 234 g/mol. The summed E-state index contributed by atoms with van der Waals surface area (Å²) in [5.74, 6) is 0. The van der Waals surface area contributed by atoms with Gasteiger partial charge in [0.2, 0.25) is 0 Å². The number of nitrogens with zero attached hydrogens (tertiary/aromatic N) is 2. The van der Waals surface area contributed by atoms with Crippen LogP contribution >= 0.6 is 11.3 Å². The van der Waals surface area contributed by atoms with Crippen LogP contribution in [0.3, 0.4) is 0 Å². The Morgan fingerprint density at radius 1 is 1.65 bits per heavy atom. The summed E-state index contributed by atoms with van der Waals surface area (Å²) in [5.41, 5.74) is 6.20. The van der Waals surface area contributed by atoms with E-state index in [9.17, 15) is 0 Å². The summed E-state index contributed by atoms with van der Waals surface area (Å²) in [5, 5.41) is 9.98. The number of hydrogen-bond acceptors (Lipinski definition) is 5. The van der Waals surface area contributed by atoms with Crippen LogP contribution in [0.5, 0.6) is 0 Å². The second-order valence-corrected chi connectivity index (χ2v) is 6.08. The number of nitriles is 1. The van der Waals surface area contributed by atoms with Crippen LogP contribution in [-0.4, -0.2) is 24.8 Å². The first kappa shape index (κ1) is 12.2. The van der Waals surface area contributed by atoms with E-state index in [-0.39, 0.29) is 11.7 Å². The normalized spacial score (nSPS) is 23.4. The predicted octanol–water partition coefficient (Wildman–Crippen LogP) is 2.21. The first-order valence-corrected chi connectivity index (χ1v) is 6.45. The number of anilines is 2. The maximum absolute atomic E-state index is 8.92. The lowest BCUT2D eigenvalue weighted by molar-refractivity contribution is -0.0748. The molecule has 1 aliphatic rings. The van der Waals surface area contributed by atoms with Gasteiger partial charge in [0.25, 0.3) is 0 Å². The van der Waals surface area contributed by atoms with Crippen LogP contribution in [0.1, 0.15) is 25.6 Å². The summed E-state index contributed by atoms with van der Waals surface area (Å²) < 4.78 is 5.86. The Kier molecular flexibility index (Phi) is 3.02. The predicted molar refractivity (Wildman–Crippen MR) is 70.3 cm³/mol. The topological polar surface area (TPSA) is 62.3 Å². The van der Waals surface area contributed by atoms with Gasteiger partial charge in [0.05, 0.1) is 22.4 Å². The number of thiophene rings is 1. The minimum atomic E-state index is -0.163. The lowest BCUT2D eigenvalue weighted by Crippen LogP contribution is -2.51. The van der Waals surface area contributed by atoms with Gasteiger partial charge < -0.3 is 15.4 Å². The maximum Gasteiger partial charge on any atom is 0.129 e. The largest absolute Gasteiger partial charge is 0.397 e. The summed E-state index contributed by atoms with van der Waals surface area (Å²) in [6, 6.07) is 4.01. The molecule has 0 spiro atoms. The summed E-state index contributed by atoms with van der Waals surface area (Å²) in [6.07, 6.45) is 0.188. The highest BCUT2D eigenvalue weighted by Crippen LogP contribution is 2.34. The van der Waals surface area contributed by atoms with Gasteiger partial charge in [-0.25, -0.2) is 0 Å². The van der Waals surface area contributed by atoms with Crippen LogP contribution < -0.4 is 10.6 Å². The SMILES string of the molecule is CC1CN(c2cc(N)c(C#N)s2)CC(C)(C)O1. The van der Waals surface area contributed by atoms with Gasteiger partial charge in [-0.15, -0.1) is 11.3 Å². The van der Waals surface area contributed by atoms with Crippen LogP contribution in [0.4, 0.5) is 10.7 Å². The van der Waals surface area contributed by atoms with Crippen LogP contribution in [0.2, 0.25) is 0 Å². The van der Waals surface area contributed by atoms with Crippen molar-refractivity contribution in [2.75, 3.05) is 23.7 Å². The molecule has 1 unspecified atom stereocenters. The first-order chi connectivity index (χ1) is 7.91. The second kappa shape index (κ2) is 4.21. The molecule has 1 atom stereocenters. The molecule has 5 heteroatoms. The molecule has 0 aromatic carbocycles. The smallest absolute Gasteiger partial charge is 0.129 e. The van der Waals surface area contributed by atoms with Gasteiger partial charge in [-0.05, 0) is 26.8 Å². The van der Waals surface area contributed by atoms with Gasteiger partial charge in [-0.3, -0.25) is 0 Å². The summed E-state index contributed by atoms with van der Waals surface area (Å²) in [7, 11) is 0. The number of nitrogen functional groups attached to an aromatic ring is 1. The minimum absolute atomic E-state index is 0.163. The monoisotopic (exact) mass is 251 g/mol. The second-order valence-electron chi connectivity index (χ2n) is 5.05. The molecule has 92 valence electrons. The third-order valence-corrected chi connectivity index (χ3v) is 3.85. The van der Waals surface area contributed by atoms with E-state index in [1.54, 1.807) is 0 Å². The van der Waals surface area contributed by atoms with Crippen molar-refractivity contribution in [3.63, 3.8) is 0 Å². The van der Waals surface area contributed by atoms with Crippen molar-refractivity contribution in [2.24, 2.45) is 0 Å². The number of rotatable bonds is 1. The van der Waals surface area contributed by atoms with E-state index >= 15 is 0 Å². The van der Waals surface area contributed by atoms with Crippen LogP contribution in [-0.2, 0) is 4.74 Å². The fourth-order valence-electron chi connectivity index (χ4n) is 2.26. The van der Waals surface area contributed by atoms with Crippen LogP contribution in [0.25, 0.3) is 0 Å². The van der Waals surface area contributed by atoms with Gasteiger partial charge in [0.1, 0.15) is 10.9 Å². The molecule has 1 saturated heterocycles. The van der Waals surface area contributed by atoms with Crippen molar-refractivity contribution in [1.29, 1.82) is 5.26 Å². The van der Waals surface area contributed by atoms with Gasteiger partial charge in [-0.1, -0.05) is 0 Å². The average molecular weight is 251 g/mol. The minimum Gasteiger partial charge on any atom is -0.397 e. The Morgan fingerprint density at radius 3 is 2.88 bits per heavy atom. The van der Waals surface area contributed by atoms with E-state index in [0.717, 1.165) is 18.1 Å². The lowest BCUT2D eigenvalue weighted by Gasteiger charge is -2.42. The zero-order valence-electron chi connectivity index (χ0n) is 10.4. The quantitative estimate of drug-likeness (QED) is 0.831. The fraction of sp³-hybridized carbons (Fsp3) is 0.583. The Hall–Kier alpha value is -1.25. The van der Waals surface area contributed by atoms with Gasteiger partial charge in [0, 0.05) is 13.1 Å². The van der Waals surface area contributed by atoms with Crippen LogP contribution in [0, 0.1) is 11.3 Å². The summed E-state index contributed by atoms with van der Waals surface area (Å²) >= 11 is 1.45. The highest BCUT2D eigenvalue weighted by atomic mass is 32.1. The van der Waals surface area contributed by atoms with E-state index in [1.807, 2.05) is 6.07 Å². The van der Waals surface area contributed by atoms with Crippen molar-refractivity contribution in [2.45, 2.75) is 32.5 Å². The molecular formula is C12H17N3OS. The number of ether oxygens (including phenoxy) is 1. The Bertz CT molecular complexity index is 461. The van der Waals surface area contributed by atoms with Crippen molar-refractivity contribution >= 4 is 22.0 Å². The molecule has 0 radical (unpaired) electrons. The van der Waals surface area contributed by atoms with Gasteiger partial charge >= 0.3 is 0 Å². The third kappa shape index (κ3) is 2.54. The van der Waals surface area contributed by atoms with Crippen molar-refractivity contribution in [3.05, 3.63) is 10.9 Å². The maximum atomic E-state index is 8.92. The van der Waals surface area contributed by atoms with E-state index in [4.69, 9.17) is 15.7 Å². The molecule has 17 heavy (non-hydrogen) atoms. The van der Waals surface area contributed by atoms with E-state index in [1.165, 1.54) is 11.3 Å². The third-order valence-electron chi connectivity index (χ3n) is 2.73. The number of nitrogens with two attached hydrogens (primary N) is 1. The molecule has 1 aromatic heterocycles. The molecule has 2 rings (SSSR count). The van der Waals surface area contributed by atoms with Gasteiger partial charge in [-0.2, -0.15) is 5.26 Å². The fourth-order valence-corrected chi connectivity index (χ4v) is 3.14. The van der Waals surface area contributed by atoms with Crippen LogP contribution in [0.15, 0.2) is 6.07 Å². The molecule has 0 saturated carbocycles. The molecule has 1 aromatic rings. The molecule has 0 aliphatic carbocycles. The number of morpholine rings is 1. The van der Waals surface area contributed by atoms with Crippen molar-refractivity contribution < 1.29 is 4.74 Å². The number of hydrogen-bond donors (Lipinski definition) is 1. The standard InChI is InChI=1S/C12H17N3OS/c1-8-6-15(7-12(2,3)16-8)11-4-9(14)10(5-13)17-11/h4,8H,6-7,14H2,1-3H3. The van der Waals surface area contributed by atoms with Crippen molar-refractivity contribution in [3.8, 4) is 6.07 Å². The Labute approximate surface area is 106 Å². The van der Waals surface area contributed by atoms with Crippen molar-refractivity contribution in [1.82, 2.24) is 0 Å². The molecule has 0 bridgehead atoms. The molecule has 2 N–H and O–H groups in total.